The quantitative estimate of drug-likeness (QED) is 0.546. The molecule has 5 heterocycles. The lowest BCUT2D eigenvalue weighted by Gasteiger charge is -2.31. The van der Waals surface area contributed by atoms with Crippen molar-refractivity contribution in [2.45, 2.75) is 33.0 Å². The van der Waals surface area contributed by atoms with Crippen molar-refractivity contribution < 1.29 is 24.2 Å². The molecule has 9 nitrogen and oxygen atoms in total. The fourth-order valence-electron chi connectivity index (χ4n) is 5.62. The Labute approximate surface area is 205 Å². The van der Waals surface area contributed by atoms with Gasteiger partial charge in [0.2, 0.25) is 11.8 Å². The number of likely N-dealkylation sites (tertiary alicyclic amines) is 1. The molecule has 0 aromatic carbocycles. The predicted molar refractivity (Wildman–Crippen MR) is 129 cm³/mol. The number of fused-ring (bicyclic) bond motifs is 2. The van der Waals surface area contributed by atoms with Crippen LogP contribution >= 0.6 is 11.3 Å². The Morgan fingerprint density at radius 3 is 2.77 bits per heavy atom. The highest BCUT2D eigenvalue weighted by Gasteiger charge is 2.72. The third-order valence-electron chi connectivity index (χ3n) is 7.58. The molecule has 3 aliphatic rings. The second kappa shape index (κ2) is 7.89. The van der Waals surface area contributed by atoms with Crippen LogP contribution < -0.4 is 0 Å². The van der Waals surface area contributed by atoms with Crippen molar-refractivity contribution in [3.05, 3.63) is 41.5 Å². The van der Waals surface area contributed by atoms with Gasteiger partial charge in [-0.3, -0.25) is 19.5 Å². The van der Waals surface area contributed by atoms with Gasteiger partial charge in [-0.15, -0.1) is 11.3 Å². The van der Waals surface area contributed by atoms with Crippen molar-refractivity contribution in [3.63, 3.8) is 0 Å². The Balaban J connectivity index is 1.25. The minimum atomic E-state index is -0.927. The monoisotopic (exact) mass is 494 g/mol. The maximum absolute atomic E-state index is 12.8. The first kappa shape index (κ1) is 22.2. The normalized spacial score (nSPS) is 25.4. The summed E-state index contributed by atoms with van der Waals surface area (Å²) in [5, 5.41) is 9.33. The maximum atomic E-state index is 12.8. The van der Waals surface area contributed by atoms with Crippen LogP contribution in [0.3, 0.4) is 0 Å². The van der Waals surface area contributed by atoms with Gasteiger partial charge in [0.25, 0.3) is 0 Å². The number of amides is 3. The summed E-state index contributed by atoms with van der Waals surface area (Å²) in [6.07, 6.45) is 2.57. The molecule has 3 aromatic heterocycles. The number of ether oxygens (including phenoxy) is 1. The number of carbonyl (C=O) groups is 3. The molecule has 35 heavy (non-hydrogen) atoms. The maximum Gasteiger partial charge on any atom is 0.407 e. The van der Waals surface area contributed by atoms with Crippen LogP contribution in [0.15, 0.2) is 36.7 Å². The van der Waals surface area contributed by atoms with Crippen molar-refractivity contribution in [1.82, 2.24) is 19.4 Å². The zero-order valence-electron chi connectivity index (χ0n) is 19.5. The summed E-state index contributed by atoms with van der Waals surface area (Å²) in [7, 11) is 0. The molecule has 10 heteroatoms. The van der Waals surface area contributed by atoms with E-state index in [9.17, 15) is 19.5 Å². The molecule has 2 aliphatic heterocycles. The van der Waals surface area contributed by atoms with Crippen molar-refractivity contribution >= 4 is 39.5 Å². The molecule has 6 rings (SSSR count). The third-order valence-corrected chi connectivity index (χ3v) is 8.73. The first-order valence-corrected chi connectivity index (χ1v) is 12.5. The number of nitrogens with zero attached hydrogens (tertiary/aromatic N) is 4. The average Bonchev–Trinajstić information content (AvgIpc) is 3.23. The van der Waals surface area contributed by atoms with E-state index in [4.69, 9.17) is 4.74 Å². The largest absolute Gasteiger partial charge is 0.465 e. The molecule has 3 atom stereocenters. The molecule has 0 spiro atoms. The number of carbonyl (C=O) groups excluding carboxylic acids is 2. The summed E-state index contributed by atoms with van der Waals surface area (Å²) in [4.78, 5) is 45.2. The summed E-state index contributed by atoms with van der Waals surface area (Å²) in [5.41, 5.74) is 2.60. The van der Waals surface area contributed by atoms with Gasteiger partial charge in [-0.25, -0.2) is 4.79 Å². The van der Waals surface area contributed by atoms with Gasteiger partial charge in [-0.1, -0.05) is 13.8 Å². The van der Waals surface area contributed by atoms with Crippen LogP contribution in [-0.4, -0.2) is 68.2 Å². The first-order chi connectivity index (χ1) is 16.8. The number of aromatic nitrogens is 2. The smallest absolute Gasteiger partial charge is 0.407 e. The van der Waals surface area contributed by atoms with Crippen LogP contribution in [0.2, 0.25) is 0 Å². The first-order valence-electron chi connectivity index (χ1n) is 11.7. The predicted octanol–water partition coefficient (Wildman–Crippen LogP) is 3.28. The average molecular weight is 495 g/mol. The third kappa shape index (κ3) is 3.54. The number of rotatable bonds is 5. The number of carboxylic acid groups (broad SMARTS) is 1. The minimum absolute atomic E-state index is 0.0626. The van der Waals surface area contributed by atoms with E-state index >= 15 is 0 Å². The highest BCUT2D eigenvalue weighted by molar-refractivity contribution is 7.19. The second-order valence-electron chi connectivity index (χ2n) is 10.1. The lowest BCUT2D eigenvalue weighted by molar-refractivity contribution is -0.143. The van der Waals surface area contributed by atoms with E-state index in [0.717, 1.165) is 26.4 Å². The molecular weight excluding hydrogens is 468 g/mol. The molecule has 0 radical (unpaired) electrons. The molecule has 1 aliphatic carbocycles. The van der Waals surface area contributed by atoms with Gasteiger partial charge in [0.15, 0.2) is 0 Å². The van der Waals surface area contributed by atoms with Crippen LogP contribution in [0.1, 0.15) is 18.7 Å². The molecule has 0 bridgehead atoms. The minimum Gasteiger partial charge on any atom is -0.465 e. The molecule has 182 valence electrons. The van der Waals surface area contributed by atoms with Crippen molar-refractivity contribution in [1.29, 1.82) is 0 Å². The molecule has 3 aromatic rings. The van der Waals surface area contributed by atoms with Crippen LogP contribution in [0.25, 0.3) is 21.5 Å². The topological polar surface area (TPSA) is 105 Å². The Morgan fingerprint density at radius 2 is 2.03 bits per heavy atom. The van der Waals surface area contributed by atoms with E-state index in [0.29, 0.717) is 26.2 Å². The van der Waals surface area contributed by atoms with E-state index in [2.05, 4.69) is 9.55 Å². The highest BCUT2D eigenvalue weighted by atomic mass is 32.1. The molecule has 1 saturated carbocycles. The SMILES string of the molecule is CC1(C)C2C(=O)N(Cc3cc4nccc(-c5cccn5CC5CN(C(=O)O)CCO5)c4s3)C(=O)C21. The van der Waals surface area contributed by atoms with Crippen molar-refractivity contribution in [3.8, 4) is 11.3 Å². The number of hydrogen-bond acceptors (Lipinski definition) is 6. The number of hydrogen-bond donors (Lipinski definition) is 1. The Bertz CT molecular complexity index is 1340. The molecule has 3 fully saturated rings. The summed E-state index contributed by atoms with van der Waals surface area (Å²) < 4.78 is 8.90. The number of imide groups is 1. The molecule has 3 unspecified atom stereocenters. The van der Waals surface area contributed by atoms with Gasteiger partial charge >= 0.3 is 6.09 Å². The van der Waals surface area contributed by atoms with Crippen molar-refractivity contribution in [2.75, 3.05) is 19.7 Å². The van der Waals surface area contributed by atoms with E-state index in [1.54, 1.807) is 17.5 Å². The number of thiophene rings is 1. The molecule has 3 amide bonds. The van der Waals surface area contributed by atoms with E-state index < -0.39 is 6.09 Å². The number of morpholine rings is 1. The van der Waals surface area contributed by atoms with E-state index in [1.165, 1.54) is 9.80 Å². The fraction of sp³-hybridized carbons (Fsp3) is 0.440. The van der Waals surface area contributed by atoms with Crippen LogP contribution in [0.5, 0.6) is 0 Å². The Kier molecular flexibility index (Phi) is 5.01. The lowest BCUT2D eigenvalue weighted by atomic mass is 10.1. The highest BCUT2D eigenvalue weighted by Crippen LogP contribution is 2.63. The molecular formula is C25H26N4O5S. The van der Waals surface area contributed by atoms with Crippen LogP contribution in [-0.2, 0) is 27.4 Å². The zero-order chi connectivity index (χ0) is 24.5. The standard InChI is InChI=1S/C25H26N4O5S/c1-25(2)19-20(25)23(31)29(22(19)30)13-15-10-17-21(35-15)16(5-6-26-17)18-4-3-7-27(18)11-14-12-28(24(32)33)8-9-34-14/h3-7,10,14,19-20H,8-9,11-13H2,1-2H3,(H,32,33). The van der Waals surface area contributed by atoms with Gasteiger partial charge in [-0.05, 0) is 29.7 Å². The molecule has 1 N–H and O–H groups in total. The summed E-state index contributed by atoms with van der Waals surface area (Å²) >= 11 is 1.55. The number of piperidine rings is 1. The van der Waals surface area contributed by atoms with Crippen molar-refractivity contribution in [2.24, 2.45) is 17.3 Å². The summed E-state index contributed by atoms with van der Waals surface area (Å²) in [6.45, 7) is 5.88. The fourth-order valence-corrected chi connectivity index (χ4v) is 6.75. The van der Waals surface area contributed by atoms with E-state index in [1.807, 2.05) is 44.3 Å². The summed E-state index contributed by atoms with van der Waals surface area (Å²) in [6, 6.07) is 7.91. The van der Waals surface area contributed by atoms with Gasteiger partial charge in [0.05, 0.1) is 54.4 Å². The van der Waals surface area contributed by atoms with Crippen LogP contribution in [0, 0.1) is 17.3 Å². The Hall–Kier alpha value is -3.24. The second-order valence-corrected chi connectivity index (χ2v) is 11.2. The summed E-state index contributed by atoms with van der Waals surface area (Å²) in [5.74, 6) is -0.486. The Morgan fingerprint density at radius 1 is 1.26 bits per heavy atom. The number of pyridine rings is 1. The lowest BCUT2D eigenvalue weighted by Crippen LogP contribution is -2.46. The van der Waals surface area contributed by atoms with Gasteiger partial charge in [-0.2, -0.15) is 0 Å². The zero-order valence-corrected chi connectivity index (χ0v) is 20.3. The van der Waals surface area contributed by atoms with Gasteiger partial charge < -0.3 is 19.3 Å². The van der Waals surface area contributed by atoms with E-state index in [-0.39, 0.29) is 41.7 Å². The van der Waals surface area contributed by atoms with Gasteiger partial charge in [0, 0.05) is 35.1 Å². The molecule has 2 saturated heterocycles. The van der Waals surface area contributed by atoms with Crippen LogP contribution in [0.4, 0.5) is 4.79 Å². The van der Waals surface area contributed by atoms with Gasteiger partial charge in [0.1, 0.15) is 0 Å².